The number of amides is 2. The number of nitrogens with one attached hydrogen (secondary N) is 2. The Morgan fingerprint density at radius 2 is 2.29 bits per heavy atom. The van der Waals surface area contributed by atoms with Crippen LogP contribution >= 0.6 is 0 Å². The molecule has 6 nitrogen and oxygen atoms in total. The summed E-state index contributed by atoms with van der Waals surface area (Å²) in [6.45, 7) is 7.39. The van der Waals surface area contributed by atoms with Crippen molar-refractivity contribution in [3.63, 3.8) is 0 Å². The maximum atomic E-state index is 11.5. The minimum absolute atomic E-state index is 0.268. The van der Waals surface area contributed by atoms with Gasteiger partial charge < -0.3 is 14.7 Å². The molecule has 0 bridgehead atoms. The first-order chi connectivity index (χ1) is 7.99. The highest BCUT2D eigenvalue weighted by molar-refractivity contribution is 5.88. The van der Waals surface area contributed by atoms with Crippen LogP contribution in [0.25, 0.3) is 0 Å². The van der Waals surface area contributed by atoms with Gasteiger partial charge in [0.2, 0.25) is 0 Å². The summed E-state index contributed by atoms with van der Waals surface area (Å²) in [5, 5.41) is 9.01. The Morgan fingerprint density at radius 1 is 1.59 bits per heavy atom. The molecular formula is C11H20N4O2. The Labute approximate surface area is 101 Å². The zero-order valence-electron chi connectivity index (χ0n) is 10.8. The molecule has 2 N–H and O–H groups in total. The van der Waals surface area contributed by atoms with Crippen molar-refractivity contribution in [1.82, 2.24) is 15.4 Å². The lowest BCUT2D eigenvalue weighted by atomic mass is 10.3. The Kier molecular flexibility index (Phi) is 4.96. The van der Waals surface area contributed by atoms with Crippen LogP contribution in [0.15, 0.2) is 10.6 Å². The van der Waals surface area contributed by atoms with Crippen LogP contribution in [0.5, 0.6) is 0 Å². The summed E-state index contributed by atoms with van der Waals surface area (Å²) in [6, 6.07) is 1.87. The predicted octanol–water partition coefficient (Wildman–Crippen LogP) is 1.44. The Balaban J connectivity index is 2.22. The second-order valence-corrected chi connectivity index (χ2v) is 4.28. The third-order valence-corrected chi connectivity index (χ3v) is 2.50. The van der Waals surface area contributed by atoms with Crippen molar-refractivity contribution in [2.75, 3.05) is 25.5 Å². The lowest BCUT2D eigenvalue weighted by Crippen LogP contribution is -2.37. The molecule has 2 amide bonds. The predicted molar refractivity (Wildman–Crippen MR) is 66.0 cm³/mol. The van der Waals surface area contributed by atoms with Gasteiger partial charge in [0.05, 0.1) is 0 Å². The summed E-state index contributed by atoms with van der Waals surface area (Å²) in [5.74, 6) is 1.09. The molecule has 0 aliphatic carbocycles. The fourth-order valence-electron chi connectivity index (χ4n) is 1.19. The van der Waals surface area contributed by atoms with E-state index in [-0.39, 0.29) is 6.03 Å². The van der Waals surface area contributed by atoms with Gasteiger partial charge in [0, 0.05) is 25.2 Å². The van der Waals surface area contributed by atoms with Gasteiger partial charge in [-0.3, -0.25) is 5.32 Å². The summed E-state index contributed by atoms with van der Waals surface area (Å²) in [4.78, 5) is 13.6. The van der Waals surface area contributed by atoms with E-state index in [0.717, 1.165) is 6.54 Å². The second kappa shape index (κ2) is 6.24. The topological polar surface area (TPSA) is 70.4 Å². The molecule has 0 aliphatic rings. The van der Waals surface area contributed by atoms with Gasteiger partial charge in [-0.15, -0.1) is 0 Å². The molecule has 0 aromatic carbocycles. The molecule has 1 aromatic heterocycles. The van der Waals surface area contributed by atoms with E-state index in [1.54, 1.807) is 13.0 Å². The first-order valence-corrected chi connectivity index (χ1v) is 5.67. The molecule has 6 heteroatoms. The smallest absolute Gasteiger partial charge is 0.320 e. The largest absolute Gasteiger partial charge is 0.360 e. The quantitative estimate of drug-likeness (QED) is 0.817. The van der Waals surface area contributed by atoms with Gasteiger partial charge in [0.1, 0.15) is 5.76 Å². The molecule has 0 atom stereocenters. The Hall–Kier alpha value is -1.56. The van der Waals surface area contributed by atoms with Gasteiger partial charge >= 0.3 is 6.03 Å². The molecule has 0 aliphatic heterocycles. The monoisotopic (exact) mass is 240 g/mol. The zero-order valence-corrected chi connectivity index (χ0v) is 10.8. The van der Waals surface area contributed by atoms with E-state index in [9.17, 15) is 4.79 Å². The lowest BCUT2D eigenvalue weighted by Gasteiger charge is -2.20. The number of carbonyl (C=O) groups excluding carboxylic acids is 1. The van der Waals surface area contributed by atoms with Gasteiger partial charge in [0.25, 0.3) is 0 Å². The van der Waals surface area contributed by atoms with Gasteiger partial charge in [-0.05, 0) is 27.8 Å². The molecule has 1 heterocycles. The normalized spacial score (nSPS) is 10.9. The molecule has 0 fully saturated rings. The second-order valence-electron chi connectivity index (χ2n) is 4.28. The highest BCUT2D eigenvalue weighted by Gasteiger charge is 2.06. The Morgan fingerprint density at radius 3 is 2.82 bits per heavy atom. The van der Waals surface area contributed by atoms with Crippen molar-refractivity contribution in [1.29, 1.82) is 0 Å². The third-order valence-electron chi connectivity index (χ3n) is 2.50. The maximum absolute atomic E-state index is 11.5. The molecular weight excluding hydrogens is 220 g/mol. The molecule has 1 aromatic rings. The highest BCUT2D eigenvalue weighted by Crippen LogP contribution is 2.06. The van der Waals surface area contributed by atoms with Crippen molar-refractivity contribution in [3.05, 3.63) is 11.8 Å². The molecule has 0 unspecified atom stereocenters. The van der Waals surface area contributed by atoms with E-state index in [0.29, 0.717) is 24.2 Å². The number of aromatic nitrogens is 1. The van der Waals surface area contributed by atoms with Crippen molar-refractivity contribution in [2.24, 2.45) is 0 Å². The number of hydrogen-bond acceptors (Lipinski definition) is 4. The minimum atomic E-state index is -0.268. The van der Waals surface area contributed by atoms with Crippen molar-refractivity contribution in [3.8, 4) is 0 Å². The molecule has 17 heavy (non-hydrogen) atoms. The van der Waals surface area contributed by atoms with E-state index < -0.39 is 0 Å². The summed E-state index contributed by atoms with van der Waals surface area (Å²) < 4.78 is 4.84. The SMILES string of the molecule is Cc1cc(NC(=O)NCCN(C)C(C)C)no1. The van der Waals surface area contributed by atoms with Crippen LogP contribution in [-0.2, 0) is 0 Å². The van der Waals surface area contributed by atoms with Gasteiger partial charge in [-0.2, -0.15) is 0 Å². The van der Waals surface area contributed by atoms with E-state index in [2.05, 4.69) is 34.5 Å². The van der Waals surface area contributed by atoms with Crippen LogP contribution in [0, 0.1) is 6.92 Å². The van der Waals surface area contributed by atoms with Gasteiger partial charge in [-0.25, -0.2) is 4.79 Å². The number of rotatable bonds is 5. The highest BCUT2D eigenvalue weighted by atomic mass is 16.5. The first kappa shape index (κ1) is 13.5. The van der Waals surface area contributed by atoms with E-state index in [1.807, 2.05) is 7.05 Å². The molecule has 0 saturated carbocycles. The summed E-state index contributed by atoms with van der Waals surface area (Å²) in [7, 11) is 2.02. The average molecular weight is 240 g/mol. The molecule has 96 valence electrons. The van der Waals surface area contributed by atoms with Crippen molar-refractivity contribution >= 4 is 11.8 Å². The molecule has 0 radical (unpaired) electrons. The van der Waals surface area contributed by atoms with Crippen LogP contribution in [0.4, 0.5) is 10.6 Å². The summed E-state index contributed by atoms with van der Waals surface area (Å²) in [6.07, 6.45) is 0. The van der Waals surface area contributed by atoms with Gasteiger partial charge in [0.15, 0.2) is 5.82 Å². The van der Waals surface area contributed by atoms with Crippen LogP contribution in [-0.4, -0.2) is 42.3 Å². The number of carbonyl (C=O) groups is 1. The van der Waals surface area contributed by atoms with Crippen LogP contribution in [0.3, 0.4) is 0 Å². The summed E-state index contributed by atoms with van der Waals surface area (Å²) >= 11 is 0. The number of nitrogens with zero attached hydrogens (tertiary/aromatic N) is 2. The number of likely N-dealkylation sites (N-methyl/N-ethyl adjacent to an activating group) is 1. The van der Waals surface area contributed by atoms with E-state index in [1.165, 1.54) is 0 Å². The fraction of sp³-hybridized carbons (Fsp3) is 0.636. The van der Waals surface area contributed by atoms with Crippen LogP contribution in [0.2, 0.25) is 0 Å². The standard InChI is InChI=1S/C11H20N4O2/c1-8(2)15(4)6-5-12-11(16)13-10-7-9(3)17-14-10/h7-8H,5-6H2,1-4H3,(H2,12,13,14,16). The maximum Gasteiger partial charge on any atom is 0.320 e. The third kappa shape index (κ3) is 4.86. The first-order valence-electron chi connectivity index (χ1n) is 5.67. The summed E-state index contributed by atoms with van der Waals surface area (Å²) in [5.41, 5.74) is 0. The zero-order chi connectivity index (χ0) is 12.8. The Bertz CT molecular complexity index is 362. The number of aryl methyl sites for hydroxylation is 1. The molecule has 1 rings (SSSR count). The minimum Gasteiger partial charge on any atom is -0.360 e. The van der Waals surface area contributed by atoms with Crippen LogP contribution in [0.1, 0.15) is 19.6 Å². The fourth-order valence-corrected chi connectivity index (χ4v) is 1.19. The number of hydrogen-bond donors (Lipinski definition) is 2. The lowest BCUT2D eigenvalue weighted by molar-refractivity contribution is 0.244. The number of urea groups is 1. The molecule has 0 saturated heterocycles. The van der Waals surface area contributed by atoms with E-state index in [4.69, 9.17) is 4.52 Å². The molecule has 0 spiro atoms. The van der Waals surface area contributed by atoms with Crippen LogP contribution < -0.4 is 10.6 Å². The van der Waals surface area contributed by atoms with E-state index >= 15 is 0 Å². The van der Waals surface area contributed by atoms with Crippen molar-refractivity contribution < 1.29 is 9.32 Å². The number of anilines is 1. The van der Waals surface area contributed by atoms with Crippen molar-refractivity contribution in [2.45, 2.75) is 26.8 Å². The average Bonchev–Trinajstić information content (AvgIpc) is 2.63. The van der Waals surface area contributed by atoms with Gasteiger partial charge in [-0.1, -0.05) is 5.16 Å².